The molecule has 2 rings (SSSR count). The van der Waals surface area contributed by atoms with Gasteiger partial charge in [0, 0.05) is 42.5 Å². The zero-order chi connectivity index (χ0) is 12.4. The van der Waals surface area contributed by atoms with Crippen LogP contribution in [-0.2, 0) is 0 Å². The first-order chi connectivity index (χ1) is 8.11. The topological polar surface area (TPSA) is 42.1 Å². The van der Waals surface area contributed by atoms with Gasteiger partial charge in [-0.1, -0.05) is 13.8 Å². The summed E-state index contributed by atoms with van der Waals surface area (Å²) in [4.78, 5) is 6.72. The summed E-state index contributed by atoms with van der Waals surface area (Å²) in [6.45, 7) is 7.55. The number of rotatable bonds is 3. The molecule has 1 aliphatic rings. The van der Waals surface area contributed by atoms with E-state index >= 15 is 0 Å². The van der Waals surface area contributed by atoms with Crippen molar-refractivity contribution in [2.24, 2.45) is 17.6 Å². The molecule has 1 aromatic heterocycles. The van der Waals surface area contributed by atoms with Crippen LogP contribution < -0.4 is 5.73 Å². The van der Waals surface area contributed by atoms with E-state index in [-0.39, 0.29) is 0 Å². The summed E-state index contributed by atoms with van der Waals surface area (Å²) in [6.07, 6.45) is 3.74. The van der Waals surface area contributed by atoms with Crippen LogP contribution in [0.1, 0.15) is 25.5 Å². The van der Waals surface area contributed by atoms with Crippen LogP contribution in [-0.4, -0.2) is 29.5 Å². The fraction of sp³-hybridized carbons (Fsp3) is 0.615. The molecule has 3 atom stereocenters. The van der Waals surface area contributed by atoms with E-state index in [0.717, 1.165) is 29.4 Å². The van der Waals surface area contributed by atoms with Crippen LogP contribution in [0.5, 0.6) is 0 Å². The molecule has 0 amide bonds. The van der Waals surface area contributed by atoms with Crippen LogP contribution in [0.4, 0.5) is 0 Å². The summed E-state index contributed by atoms with van der Waals surface area (Å²) in [5, 5.41) is 0. The van der Waals surface area contributed by atoms with Gasteiger partial charge in [-0.15, -0.1) is 0 Å². The number of pyridine rings is 1. The number of halogens is 1. The minimum atomic E-state index is 0.299. The van der Waals surface area contributed by atoms with E-state index in [0.29, 0.717) is 12.6 Å². The Morgan fingerprint density at radius 1 is 1.41 bits per heavy atom. The van der Waals surface area contributed by atoms with Crippen LogP contribution in [0.25, 0.3) is 0 Å². The highest BCUT2D eigenvalue weighted by molar-refractivity contribution is 9.10. The van der Waals surface area contributed by atoms with Crippen molar-refractivity contribution in [1.82, 2.24) is 9.88 Å². The number of nitrogens with zero attached hydrogens (tertiary/aromatic N) is 2. The molecule has 4 heteroatoms. The monoisotopic (exact) mass is 297 g/mol. The van der Waals surface area contributed by atoms with E-state index in [1.54, 1.807) is 0 Å². The van der Waals surface area contributed by atoms with Gasteiger partial charge in [0.05, 0.1) is 0 Å². The minimum absolute atomic E-state index is 0.299. The first-order valence-corrected chi connectivity index (χ1v) is 6.95. The minimum Gasteiger partial charge on any atom is -0.329 e. The van der Waals surface area contributed by atoms with Gasteiger partial charge in [-0.2, -0.15) is 0 Å². The Morgan fingerprint density at radius 2 is 2.06 bits per heavy atom. The molecule has 0 aromatic carbocycles. The number of nitrogens with two attached hydrogens (primary N) is 1. The van der Waals surface area contributed by atoms with Crippen LogP contribution in [0, 0.1) is 11.8 Å². The van der Waals surface area contributed by atoms with Gasteiger partial charge in [0.25, 0.3) is 0 Å². The molecule has 0 bridgehead atoms. The highest BCUT2D eigenvalue weighted by Crippen LogP contribution is 2.30. The van der Waals surface area contributed by atoms with Crippen molar-refractivity contribution in [3.05, 3.63) is 28.5 Å². The summed E-state index contributed by atoms with van der Waals surface area (Å²) >= 11 is 3.47. The Labute approximate surface area is 112 Å². The molecule has 0 saturated carbocycles. The van der Waals surface area contributed by atoms with Crippen LogP contribution >= 0.6 is 15.9 Å². The van der Waals surface area contributed by atoms with E-state index in [1.165, 1.54) is 5.56 Å². The largest absolute Gasteiger partial charge is 0.329 e. The molecule has 1 fully saturated rings. The molecule has 17 heavy (non-hydrogen) atoms. The third-order valence-corrected chi connectivity index (χ3v) is 4.22. The fourth-order valence-corrected chi connectivity index (χ4v) is 2.92. The summed E-state index contributed by atoms with van der Waals surface area (Å²) < 4.78 is 1.02. The molecule has 1 aliphatic heterocycles. The van der Waals surface area contributed by atoms with E-state index in [4.69, 9.17) is 5.73 Å². The molecule has 2 N–H and O–H groups in total. The van der Waals surface area contributed by atoms with Gasteiger partial charge in [-0.05, 0) is 39.4 Å². The molecule has 1 saturated heterocycles. The lowest BCUT2D eigenvalue weighted by atomic mass is 10.0. The van der Waals surface area contributed by atoms with Crippen molar-refractivity contribution in [1.29, 1.82) is 0 Å². The molecule has 3 unspecified atom stereocenters. The second kappa shape index (κ2) is 5.46. The molecule has 94 valence electrons. The highest BCUT2D eigenvalue weighted by atomic mass is 79.9. The quantitative estimate of drug-likeness (QED) is 0.932. The molecular weight excluding hydrogens is 278 g/mol. The predicted octanol–water partition coefficient (Wildman–Crippen LogP) is 2.43. The van der Waals surface area contributed by atoms with Gasteiger partial charge in [-0.3, -0.25) is 9.88 Å². The van der Waals surface area contributed by atoms with Gasteiger partial charge in [0.1, 0.15) is 0 Å². The SMILES string of the molecule is CC1CN(C(CN)c2cncc(Br)c2)CC1C. The molecular formula is C13H20BrN3. The van der Waals surface area contributed by atoms with Crippen LogP contribution in [0.15, 0.2) is 22.9 Å². The first-order valence-electron chi connectivity index (χ1n) is 6.16. The summed E-state index contributed by atoms with van der Waals surface area (Å²) in [5.41, 5.74) is 7.15. The van der Waals surface area contributed by atoms with Crippen molar-refractivity contribution in [2.75, 3.05) is 19.6 Å². The molecule has 1 aromatic rings. The lowest BCUT2D eigenvalue weighted by Crippen LogP contribution is -2.32. The molecule has 0 spiro atoms. The zero-order valence-electron chi connectivity index (χ0n) is 10.4. The maximum Gasteiger partial charge on any atom is 0.0486 e. The second-order valence-corrected chi connectivity index (χ2v) is 6.01. The van der Waals surface area contributed by atoms with Crippen molar-refractivity contribution < 1.29 is 0 Å². The Morgan fingerprint density at radius 3 is 2.59 bits per heavy atom. The third-order valence-electron chi connectivity index (χ3n) is 3.79. The summed E-state index contributed by atoms with van der Waals surface area (Å²) in [7, 11) is 0. The number of hydrogen-bond acceptors (Lipinski definition) is 3. The zero-order valence-corrected chi connectivity index (χ0v) is 12.0. The van der Waals surface area contributed by atoms with Crippen LogP contribution in [0.2, 0.25) is 0 Å². The number of likely N-dealkylation sites (tertiary alicyclic amines) is 1. The molecule has 3 nitrogen and oxygen atoms in total. The van der Waals surface area contributed by atoms with Crippen molar-refractivity contribution in [2.45, 2.75) is 19.9 Å². The van der Waals surface area contributed by atoms with Crippen molar-refractivity contribution in [3.63, 3.8) is 0 Å². The number of hydrogen-bond donors (Lipinski definition) is 1. The van der Waals surface area contributed by atoms with Gasteiger partial charge in [-0.25, -0.2) is 0 Å². The average Bonchev–Trinajstić information content (AvgIpc) is 2.60. The standard InChI is InChI=1S/C13H20BrN3/c1-9-7-17(8-10(9)2)13(4-15)11-3-12(14)6-16-5-11/h3,5-6,9-10,13H,4,7-8,15H2,1-2H3. The molecule has 0 radical (unpaired) electrons. The summed E-state index contributed by atoms with van der Waals surface area (Å²) in [5.74, 6) is 1.51. The van der Waals surface area contributed by atoms with Gasteiger partial charge in [0.2, 0.25) is 0 Å². The van der Waals surface area contributed by atoms with Gasteiger partial charge in [0.15, 0.2) is 0 Å². The Hall–Kier alpha value is -0.450. The second-order valence-electron chi connectivity index (χ2n) is 5.10. The lowest BCUT2D eigenvalue weighted by Gasteiger charge is -2.27. The Bertz CT molecular complexity index is 373. The molecule has 2 heterocycles. The van der Waals surface area contributed by atoms with Gasteiger partial charge < -0.3 is 5.73 Å². The van der Waals surface area contributed by atoms with E-state index in [9.17, 15) is 0 Å². The van der Waals surface area contributed by atoms with E-state index in [1.807, 2.05) is 12.4 Å². The van der Waals surface area contributed by atoms with Crippen molar-refractivity contribution >= 4 is 15.9 Å². The Balaban J connectivity index is 2.17. The van der Waals surface area contributed by atoms with E-state index in [2.05, 4.69) is 45.7 Å². The first kappa shape index (κ1) is 13.0. The highest BCUT2D eigenvalue weighted by Gasteiger charge is 2.31. The lowest BCUT2D eigenvalue weighted by molar-refractivity contribution is 0.239. The smallest absolute Gasteiger partial charge is 0.0486 e. The van der Waals surface area contributed by atoms with Crippen molar-refractivity contribution in [3.8, 4) is 0 Å². The van der Waals surface area contributed by atoms with E-state index < -0.39 is 0 Å². The number of aromatic nitrogens is 1. The third kappa shape index (κ3) is 2.87. The maximum atomic E-state index is 5.94. The molecule has 0 aliphatic carbocycles. The van der Waals surface area contributed by atoms with Gasteiger partial charge >= 0.3 is 0 Å². The summed E-state index contributed by atoms with van der Waals surface area (Å²) in [6, 6.07) is 2.42. The average molecular weight is 298 g/mol. The fourth-order valence-electron chi connectivity index (χ4n) is 2.54. The Kier molecular flexibility index (Phi) is 4.17. The normalized spacial score (nSPS) is 27.3. The predicted molar refractivity (Wildman–Crippen MR) is 73.6 cm³/mol. The maximum absolute atomic E-state index is 5.94. The van der Waals surface area contributed by atoms with Crippen LogP contribution in [0.3, 0.4) is 0 Å².